The predicted octanol–water partition coefficient (Wildman–Crippen LogP) is -2.54. The molecule has 2 rings (SSSR count). The first-order chi connectivity index (χ1) is 13.4. The number of ketones is 1. The van der Waals surface area contributed by atoms with E-state index in [2.05, 4.69) is 0 Å². The number of Topliss-reactive ketones (excluding diaryl/α,β-unsaturated/α-hetero) is 1. The second-order valence-corrected chi connectivity index (χ2v) is 8.30. The van der Waals surface area contributed by atoms with Gasteiger partial charge in [0.2, 0.25) is 0 Å². The van der Waals surface area contributed by atoms with Crippen LogP contribution in [0, 0.1) is 5.41 Å². The number of aliphatic hydroxyl groups excluding tert-OH is 7. The van der Waals surface area contributed by atoms with Crippen LogP contribution in [0.1, 0.15) is 40.5 Å². The first-order valence-corrected chi connectivity index (χ1v) is 10.0. The summed E-state index contributed by atoms with van der Waals surface area (Å²) in [5, 5.41) is 72.2. The van der Waals surface area contributed by atoms with E-state index in [1.165, 1.54) is 20.8 Å². The van der Waals surface area contributed by atoms with Gasteiger partial charge in [0.05, 0.1) is 17.6 Å². The highest BCUT2D eigenvalue weighted by Crippen LogP contribution is 2.46. The highest BCUT2D eigenvalue weighted by Gasteiger charge is 2.63. The second-order valence-electron chi connectivity index (χ2n) is 8.30. The van der Waals surface area contributed by atoms with E-state index in [1.807, 2.05) is 0 Å². The fraction of sp³-hybridized carbons (Fsp3) is 0.947. The molecule has 2 heterocycles. The summed E-state index contributed by atoms with van der Waals surface area (Å²) >= 11 is 0. The van der Waals surface area contributed by atoms with Crippen molar-refractivity contribution in [2.45, 2.75) is 108 Å². The molecule has 0 amide bonds. The summed E-state index contributed by atoms with van der Waals surface area (Å²) in [4.78, 5) is 13.3. The summed E-state index contributed by atoms with van der Waals surface area (Å²) in [6, 6.07) is 0. The van der Waals surface area contributed by atoms with Crippen LogP contribution in [0.3, 0.4) is 0 Å². The van der Waals surface area contributed by atoms with Gasteiger partial charge in [-0.2, -0.15) is 0 Å². The Morgan fingerprint density at radius 3 is 1.52 bits per heavy atom. The summed E-state index contributed by atoms with van der Waals surface area (Å²) in [7, 11) is 0. The zero-order valence-corrected chi connectivity index (χ0v) is 17.1. The van der Waals surface area contributed by atoms with Crippen molar-refractivity contribution in [2.75, 3.05) is 0 Å². The minimum atomic E-state index is -1.87. The third-order valence-electron chi connectivity index (χ3n) is 6.22. The number of hydrogen-bond donors (Lipinski definition) is 7. The van der Waals surface area contributed by atoms with Gasteiger partial charge in [0.15, 0.2) is 5.78 Å². The Kier molecular flexibility index (Phi) is 7.80. The molecule has 10 nitrogen and oxygen atoms in total. The van der Waals surface area contributed by atoms with Crippen molar-refractivity contribution in [2.24, 2.45) is 5.41 Å². The molecular weight excluding hydrogens is 388 g/mol. The predicted molar refractivity (Wildman–Crippen MR) is 98.7 cm³/mol. The van der Waals surface area contributed by atoms with E-state index in [0.717, 1.165) is 0 Å². The number of ether oxygens (including phenoxy) is 2. The lowest BCUT2D eigenvalue weighted by molar-refractivity contribution is -0.294. The molecule has 0 radical (unpaired) electrons. The Morgan fingerprint density at radius 2 is 1.21 bits per heavy atom. The first-order valence-electron chi connectivity index (χ1n) is 10.0. The molecule has 0 aliphatic carbocycles. The monoisotopic (exact) mass is 422 g/mol. The van der Waals surface area contributed by atoms with Gasteiger partial charge in [0.25, 0.3) is 0 Å². The quantitative estimate of drug-likeness (QED) is 0.241. The molecule has 2 saturated heterocycles. The largest absolute Gasteiger partial charge is 0.388 e. The van der Waals surface area contributed by atoms with Gasteiger partial charge >= 0.3 is 0 Å². The third-order valence-corrected chi connectivity index (χ3v) is 6.22. The maximum atomic E-state index is 13.3. The summed E-state index contributed by atoms with van der Waals surface area (Å²) in [5.74, 6) is -0.806. The van der Waals surface area contributed by atoms with Crippen LogP contribution in [0.4, 0.5) is 0 Å². The average molecular weight is 422 g/mol. The molecule has 0 aromatic rings. The Morgan fingerprint density at radius 1 is 0.828 bits per heavy atom. The van der Waals surface area contributed by atoms with Crippen LogP contribution >= 0.6 is 0 Å². The van der Waals surface area contributed by atoms with Gasteiger partial charge in [-0.25, -0.2) is 0 Å². The van der Waals surface area contributed by atoms with Crippen molar-refractivity contribution in [3.05, 3.63) is 0 Å². The normalized spacial score (nSPS) is 46.7. The van der Waals surface area contributed by atoms with Gasteiger partial charge in [-0.15, -0.1) is 0 Å². The van der Waals surface area contributed by atoms with Crippen molar-refractivity contribution in [1.82, 2.24) is 0 Å². The minimum Gasteiger partial charge on any atom is -0.388 e. The van der Waals surface area contributed by atoms with E-state index < -0.39 is 78.3 Å². The molecule has 0 aromatic heterocycles. The van der Waals surface area contributed by atoms with E-state index in [9.17, 15) is 40.5 Å². The lowest BCUT2D eigenvalue weighted by atomic mass is 9.62. The Bertz CT molecular complexity index is 535. The summed E-state index contributed by atoms with van der Waals surface area (Å²) in [6.45, 7) is 5.86. The van der Waals surface area contributed by atoms with E-state index >= 15 is 0 Å². The first kappa shape index (κ1) is 24.6. The second kappa shape index (κ2) is 9.21. The van der Waals surface area contributed by atoms with Crippen LogP contribution in [0.15, 0.2) is 0 Å². The van der Waals surface area contributed by atoms with Gasteiger partial charge in [0.1, 0.15) is 54.9 Å². The Balaban J connectivity index is 2.64. The molecule has 170 valence electrons. The van der Waals surface area contributed by atoms with Crippen molar-refractivity contribution < 1.29 is 50.0 Å². The average Bonchev–Trinajstić information content (AvgIpc) is 2.68. The molecule has 2 fully saturated rings. The van der Waals surface area contributed by atoms with Crippen LogP contribution in [0.5, 0.6) is 0 Å². The van der Waals surface area contributed by atoms with Crippen LogP contribution in [-0.4, -0.2) is 109 Å². The van der Waals surface area contributed by atoms with Crippen LogP contribution < -0.4 is 0 Å². The molecule has 0 saturated carbocycles. The van der Waals surface area contributed by atoms with E-state index in [4.69, 9.17) is 9.47 Å². The SMILES string of the molecule is CCCC(C(=O)C(C)O)(C1O[C@@H](C)[C@@H](O)[C@@H](O)[C@@H]1O)C1O[C@@H](C)[C@@H](O)[C@@H](O)[C@@H]1O. The zero-order valence-electron chi connectivity index (χ0n) is 17.1. The van der Waals surface area contributed by atoms with Crippen LogP contribution in [-0.2, 0) is 14.3 Å². The molecule has 10 heteroatoms. The maximum Gasteiger partial charge on any atom is 0.172 e. The van der Waals surface area contributed by atoms with E-state index in [-0.39, 0.29) is 6.42 Å². The topological polar surface area (TPSA) is 177 Å². The van der Waals surface area contributed by atoms with Gasteiger partial charge in [-0.3, -0.25) is 4.79 Å². The molecule has 3 unspecified atom stereocenters. The van der Waals surface area contributed by atoms with Gasteiger partial charge in [0, 0.05) is 0 Å². The Labute approximate surface area is 169 Å². The lowest BCUT2D eigenvalue weighted by Crippen LogP contribution is -2.72. The van der Waals surface area contributed by atoms with Crippen molar-refractivity contribution in [3.63, 3.8) is 0 Å². The molecule has 0 spiro atoms. The highest BCUT2D eigenvalue weighted by molar-refractivity contribution is 5.90. The van der Waals surface area contributed by atoms with Crippen LogP contribution in [0.2, 0.25) is 0 Å². The number of hydrogen-bond acceptors (Lipinski definition) is 10. The zero-order chi connectivity index (χ0) is 22.3. The summed E-state index contributed by atoms with van der Waals surface area (Å²) in [5.41, 5.74) is -1.87. The molecular formula is C19H34O10. The smallest absolute Gasteiger partial charge is 0.172 e. The lowest BCUT2D eigenvalue weighted by Gasteiger charge is -2.54. The van der Waals surface area contributed by atoms with E-state index in [1.54, 1.807) is 6.92 Å². The van der Waals surface area contributed by atoms with Crippen LogP contribution in [0.25, 0.3) is 0 Å². The van der Waals surface area contributed by atoms with Gasteiger partial charge in [-0.05, 0) is 27.2 Å². The maximum absolute atomic E-state index is 13.3. The van der Waals surface area contributed by atoms with Crippen molar-refractivity contribution >= 4 is 5.78 Å². The fourth-order valence-electron chi connectivity index (χ4n) is 4.61. The summed E-state index contributed by atoms with van der Waals surface area (Å²) < 4.78 is 11.5. The highest BCUT2D eigenvalue weighted by atomic mass is 16.6. The third kappa shape index (κ3) is 4.10. The van der Waals surface area contributed by atoms with E-state index in [0.29, 0.717) is 6.42 Å². The molecule has 11 atom stereocenters. The van der Waals surface area contributed by atoms with Crippen molar-refractivity contribution in [1.29, 1.82) is 0 Å². The number of carbonyl (C=O) groups excluding carboxylic acids is 1. The Hall–Kier alpha value is -0.690. The van der Waals surface area contributed by atoms with Gasteiger partial charge in [-0.1, -0.05) is 13.3 Å². The molecule has 2 aliphatic rings. The van der Waals surface area contributed by atoms with Crippen molar-refractivity contribution in [3.8, 4) is 0 Å². The van der Waals surface area contributed by atoms with Gasteiger partial charge < -0.3 is 45.2 Å². The number of rotatable bonds is 6. The number of aliphatic hydroxyl groups is 7. The summed E-state index contributed by atoms with van der Waals surface area (Å²) in [6.07, 6.45) is -15.6. The molecule has 0 aromatic carbocycles. The fourth-order valence-corrected chi connectivity index (χ4v) is 4.61. The standard InChI is InChI=1S/C19H34O10/c1-5-6-19(16(27)7(2)20,17-14(25)12(23)10(21)8(3)28-17)18-15(26)13(24)11(22)9(4)29-18/h7-15,17-18,20-26H,5-6H2,1-4H3/t7?,8-,9-,10+,11+,12+,13+,14-,15-,17?,18?,19?/m0/s1. The molecule has 29 heavy (non-hydrogen) atoms. The molecule has 7 N–H and O–H groups in total. The minimum absolute atomic E-state index is 0.0226. The molecule has 0 bridgehead atoms. The number of carbonyl (C=O) groups is 1. The molecule has 2 aliphatic heterocycles.